The topological polar surface area (TPSA) is 0 Å². The van der Waals surface area contributed by atoms with E-state index in [0.29, 0.717) is 0 Å². The molecule has 0 amide bonds. The van der Waals surface area contributed by atoms with Crippen LogP contribution in [-0.2, 0) is 11.8 Å². The Morgan fingerprint density at radius 2 is 1.13 bits per heavy atom. The third kappa shape index (κ3) is 4.43. The number of hydrogen-bond donors (Lipinski definition) is 0. The van der Waals surface area contributed by atoms with Gasteiger partial charge < -0.3 is 0 Å². The zero-order valence-electron chi connectivity index (χ0n) is 25.7. The van der Waals surface area contributed by atoms with Crippen LogP contribution in [-0.4, -0.2) is 0 Å². The molecule has 0 bridgehead atoms. The monoisotopic (exact) mass is 622 g/mol. The molecule has 9 rings (SSSR count). The Bertz CT molecular complexity index is 2270. The molecule has 2 unspecified atom stereocenters. The first kappa shape index (κ1) is 28.1. The Balaban J connectivity index is 1.24. The summed E-state index contributed by atoms with van der Waals surface area (Å²) in [6.45, 7) is 0. The molecule has 224 valence electrons. The highest BCUT2D eigenvalue weighted by molar-refractivity contribution is 7.99. The quantitative estimate of drug-likeness (QED) is 0.184. The molecule has 7 aromatic rings. The number of halogens is 1. The van der Waals surface area contributed by atoms with E-state index in [9.17, 15) is 0 Å². The third-order valence-corrected chi connectivity index (χ3v) is 11.2. The molecule has 1 heterocycles. The summed E-state index contributed by atoms with van der Waals surface area (Å²) >= 11 is 1.74. The van der Waals surface area contributed by atoms with Crippen LogP contribution >= 0.6 is 11.8 Å². The van der Waals surface area contributed by atoms with Crippen LogP contribution in [0.3, 0.4) is 0 Å². The summed E-state index contributed by atoms with van der Waals surface area (Å²) in [4.78, 5) is 2.33. The van der Waals surface area contributed by atoms with Gasteiger partial charge in [-0.1, -0.05) is 157 Å². The van der Waals surface area contributed by atoms with Crippen molar-refractivity contribution in [1.29, 1.82) is 0 Å². The van der Waals surface area contributed by atoms with E-state index in [1.165, 1.54) is 60.5 Å². The van der Waals surface area contributed by atoms with Gasteiger partial charge in [0.1, 0.15) is 5.82 Å². The van der Waals surface area contributed by atoms with Crippen LogP contribution in [0.1, 0.15) is 44.9 Å². The predicted molar refractivity (Wildman–Crippen MR) is 192 cm³/mol. The minimum atomic E-state index is -0.581. The molecule has 0 radical (unpaired) electrons. The van der Waals surface area contributed by atoms with Crippen LogP contribution in [0.2, 0.25) is 0 Å². The number of fused-ring (bicyclic) bond motifs is 9. The Morgan fingerprint density at radius 3 is 1.96 bits per heavy atom. The van der Waals surface area contributed by atoms with Crippen LogP contribution in [0, 0.1) is 5.82 Å². The van der Waals surface area contributed by atoms with E-state index in [4.69, 9.17) is 0 Å². The second kappa shape index (κ2) is 11.3. The summed E-state index contributed by atoms with van der Waals surface area (Å²) in [5.74, 6) is -0.0358. The van der Waals surface area contributed by atoms with E-state index in [0.717, 1.165) is 16.9 Å². The maximum absolute atomic E-state index is 15.1. The van der Waals surface area contributed by atoms with Gasteiger partial charge in [-0.05, 0) is 91.9 Å². The minimum absolute atomic E-state index is 0.165. The Hall–Kier alpha value is -5.18. The van der Waals surface area contributed by atoms with Crippen molar-refractivity contribution in [1.82, 2.24) is 0 Å². The molecule has 1 aliphatic carbocycles. The van der Waals surface area contributed by atoms with E-state index in [-0.39, 0.29) is 11.7 Å². The molecule has 0 aromatic heterocycles. The number of benzene rings is 7. The fourth-order valence-corrected chi connectivity index (χ4v) is 9.23. The van der Waals surface area contributed by atoms with Crippen LogP contribution in [0.15, 0.2) is 180 Å². The van der Waals surface area contributed by atoms with Crippen LogP contribution in [0.5, 0.6) is 0 Å². The third-order valence-electron chi connectivity index (χ3n) is 10.0. The number of rotatable bonds is 5. The van der Waals surface area contributed by atoms with E-state index in [1.54, 1.807) is 23.9 Å². The SMILES string of the molecule is Fc1ccc2c(c1)C1(c3ccccc3S2)c2ccccc2-c2cc(CC(c3ccccc3)c3ccccc3-c3ccccc3)ccc21. The Morgan fingerprint density at radius 1 is 0.489 bits per heavy atom. The minimum Gasteiger partial charge on any atom is -0.207 e. The van der Waals surface area contributed by atoms with Gasteiger partial charge in [-0.2, -0.15) is 0 Å². The molecule has 47 heavy (non-hydrogen) atoms. The largest absolute Gasteiger partial charge is 0.207 e. The molecule has 1 spiro atoms. The maximum atomic E-state index is 15.1. The van der Waals surface area contributed by atoms with Crippen molar-refractivity contribution in [2.75, 3.05) is 0 Å². The van der Waals surface area contributed by atoms with Gasteiger partial charge in [0.25, 0.3) is 0 Å². The fraction of sp³-hybridized carbons (Fsp3) is 0.0667. The fourth-order valence-electron chi connectivity index (χ4n) is 8.06. The summed E-state index contributed by atoms with van der Waals surface area (Å²) < 4.78 is 15.1. The van der Waals surface area contributed by atoms with E-state index in [1.807, 2.05) is 6.07 Å². The first-order valence-electron chi connectivity index (χ1n) is 16.2. The van der Waals surface area contributed by atoms with E-state index in [2.05, 4.69) is 152 Å². The summed E-state index contributed by atoms with van der Waals surface area (Å²) in [5, 5.41) is 0. The molecule has 1 aliphatic heterocycles. The highest BCUT2D eigenvalue weighted by atomic mass is 32.2. The van der Waals surface area contributed by atoms with Crippen molar-refractivity contribution in [3.05, 3.63) is 215 Å². The number of hydrogen-bond acceptors (Lipinski definition) is 1. The second-order valence-corrected chi connectivity index (χ2v) is 13.6. The van der Waals surface area contributed by atoms with Gasteiger partial charge in [0, 0.05) is 15.7 Å². The van der Waals surface area contributed by atoms with Crippen molar-refractivity contribution >= 4 is 11.8 Å². The Kier molecular flexibility index (Phi) is 6.73. The molecule has 2 heteroatoms. The predicted octanol–water partition coefficient (Wildman–Crippen LogP) is 11.7. The van der Waals surface area contributed by atoms with Gasteiger partial charge in [0.2, 0.25) is 0 Å². The molecular weight excluding hydrogens is 592 g/mol. The highest BCUT2D eigenvalue weighted by Gasteiger charge is 2.50. The van der Waals surface area contributed by atoms with Crippen molar-refractivity contribution in [3.8, 4) is 22.3 Å². The zero-order valence-corrected chi connectivity index (χ0v) is 26.6. The Labute approximate surface area is 279 Å². The lowest BCUT2D eigenvalue weighted by Gasteiger charge is -2.39. The van der Waals surface area contributed by atoms with Crippen molar-refractivity contribution in [3.63, 3.8) is 0 Å². The normalized spacial score (nSPS) is 16.2. The van der Waals surface area contributed by atoms with E-state index < -0.39 is 5.41 Å². The lowest BCUT2D eigenvalue weighted by molar-refractivity contribution is 0.614. The van der Waals surface area contributed by atoms with Crippen molar-refractivity contribution in [2.45, 2.75) is 27.5 Å². The van der Waals surface area contributed by atoms with Gasteiger partial charge in [-0.25, -0.2) is 4.39 Å². The van der Waals surface area contributed by atoms with Gasteiger partial charge in [-0.15, -0.1) is 0 Å². The van der Waals surface area contributed by atoms with Crippen molar-refractivity contribution in [2.24, 2.45) is 0 Å². The average Bonchev–Trinajstić information content (AvgIpc) is 3.42. The summed E-state index contributed by atoms with van der Waals surface area (Å²) in [6, 6.07) is 60.2. The van der Waals surface area contributed by atoms with Gasteiger partial charge >= 0.3 is 0 Å². The molecule has 0 N–H and O–H groups in total. The second-order valence-electron chi connectivity index (χ2n) is 12.5. The van der Waals surface area contributed by atoms with E-state index >= 15 is 4.39 Å². The summed E-state index contributed by atoms with van der Waals surface area (Å²) in [5.41, 5.74) is 13.0. The first-order valence-corrected chi connectivity index (χ1v) is 17.0. The molecule has 0 nitrogen and oxygen atoms in total. The van der Waals surface area contributed by atoms with Crippen molar-refractivity contribution < 1.29 is 4.39 Å². The molecule has 2 aliphatic rings. The maximum Gasteiger partial charge on any atom is 0.123 e. The van der Waals surface area contributed by atoms with Gasteiger partial charge in [0.05, 0.1) is 5.41 Å². The smallest absolute Gasteiger partial charge is 0.123 e. The standard InChI is InChI=1S/C45H31FS/c46-33-24-26-44-42(29-33)45(41-21-11-12-22-43(41)47-44)39-20-10-9-19-36(39)38-28-30(23-25-40(38)45)27-37(32-15-5-2-6-16-32)35-18-8-7-17-34(35)31-13-3-1-4-14-31/h1-26,28-29,37H,27H2. The molecule has 2 atom stereocenters. The lowest BCUT2D eigenvalue weighted by atomic mass is 9.67. The zero-order chi connectivity index (χ0) is 31.4. The van der Waals surface area contributed by atoms with Crippen LogP contribution in [0.4, 0.5) is 4.39 Å². The average molecular weight is 623 g/mol. The van der Waals surface area contributed by atoms with Crippen LogP contribution in [0.25, 0.3) is 22.3 Å². The summed E-state index contributed by atoms with van der Waals surface area (Å²) in [7, 11) is 0. The van der Waals surface area contributed by atoms with Crippen LogP contribution < -0.4 is 0 Å². The summed E-state index contributed by atoms with van der Waals surface area (Å²) in [6.07, 6.45) is 0.855. The molecule has 0 fully saturated rings. The molecule has 7 aromatic carbocycles. The first-order chi connectivity index (χ1) is 23.2. The van der Waals surface area contributed by atoms with Gasteiger partial charge in [-0.3, -0.25) is 0 Å². The lowest BCUT2D eigenvalue weighted by Crippen LogP contribution is -2.32. The van der Waals surface area contributed by atoms with Gasteiger partial charge in [0.15, 0.2) is 0 Å². The molecular formula is C45H31FS. The highest BCUT2D eigenvalue weighted by Crippen LogP contribution is 2.62. The molecule has 0 saturated heterocycles. The molecule has 0 saturated carbocycles.